The first-order chi connectivity index (χ1) is 11.9. The molecule has 2 aromatic carbocycles. The van der Waals surface area contributed by atoms with Crippen molar-refractivity contribution in [2.24, 2.45) is 0 Å². The molecule has 1 heterocycles. The third kappa shape index (κ3) is 4.43. The van der Waals surface area contributed by atoms with Crippen LogP contribution in [-0.2, 0) is 27.9 Å². The Morgan fingerprint density at radius 1 is 1.00 bits per heavy atom. The molecular formula is C18H19FN2O3S. The number of hydrogen-bond donors (Lipinski definition) is 1. The van der Waals surface area contributed by atoms with Crippen LogP contribution in [0.4, 0.5) is 4.39 Å². The van der Waals surface area contributed by atoms with E-state index in [0.717, 1.165) is 36.2 Å². The fourth-order valence-electron chi connectivity index (χ4n) is 2.73. The molecule has 0 saturated carbocycles. The van der Waals surface area contributed by atoms with E-state index in [4.69, 9.17) is 0 Å². The first kappa shape index (κ1) is 17.6. The summed E-state index contributed by atoms with van der Waals surface area (Å²) in [7, 11) is -3.68. The zero-order valence-corrected chi connectivity index (χ0v) is 14.4. The molecule has 3 rings (SSSR count). The monoisotopic (exact) mass is 362 g/mol. The van der Waals surface area contributed by atoms with Gasteiger partial charge in [-0.05, 0) is 41.8 Å². The SMILES string of the molecule is O=C1CCCN1Cc1ccc(CNS(=O)(=O)c2ccc(F)cc2)cc1. The molecule has 0 unspecified atom stereocenters. The van der Waals surface area contributed by atoms with Gasteiger partial charge in [0.25, 0.3) is 0 Å². The minimum Gasteiger partial charge on any atom is -0.338 e. The van der Waals surface area contributed by atoms with Crippen molar-refractivity contribution in [2.75, 3.05) is 6.54 Å². The molecule has 0 spiro atoms. The molecule has 132 valence electrons. The molecule has 2 aromatic rings. The van der Waals surface area contributed by atoms with Gasteiger partial charge in [-0.15, -0.1) is 0 Å². The van der Waals surface area contributed by atoms with Crippen LogP contribution >= 0.6 is 0 Å². The van der Waals surface area contributed by atoms with Gasteiger partial charge in [-0.25, -0.2) is 17.5 Å². The second-order valence-corrected chi connectivity index (χ2v) is 7.78. The summed E-state index contributed by atoms with van der Waals surface area (Å²) in [4.78, 5) is 13.5. The summed E-state index contributed by atoms with van der Waals surface area (Å²) in [6.45, 7) is 1.51. The second kappa shape index (κ2) is 7.33. The van der Waals surface area contributed by atoms with Crippen LogP contribution in [-0.4, -0.2) is 25.8 Å². The highest BCUT2D eigenvalue weighted by Crippen LogP contribution is 2.15. The summed E-state index contributed by atoms with van der Waals surface area (Å²) in [5, 5.41) is 0. The first-order valence-electron chi connectivity index (χ1n) is 8.05. The zero-order chi connectivity index (χ0) is 17.9. The Labute approximate surface area is 146 Å². The van der Waals surface area contributed by atoms with Crippen LogP contribution in [0.1, 0.15) is 24.0 Å². The molecule has 0 atom stereocenters. The molecule has 0 aromatic heterocycles. The topological polar surface area (TPSA) is 66.5 Å². The molecule has 5 nitrogen and oxygen atoms in total. The lowest BCUT2D eigenvalue weighted by molar-refractivity contribution is -0.128. The van der Waals surface area contributed by atoms with Crippen molar-refractivity contribution >= 4 is 15.9 Å². The second-order valence-electron chi connectivity index (χ2n) is 6.01. The Kier molecular flexibility index (Phi) is 5.15. The van der Waals surface area contributed by atoms with Gasteiger partial charge in [-0.2, -0.15) is 0 Å². The molecule has 25 heavy (non-hydrogen) atoms. The summed E-state index contributed by atoms with van der Waals surface area (Å²) < 4.78 is 39.7. The van der Waals surface area contributed by atoms with E-state index in [-0.39, 0.29) is 17.3 Å². The Balaban J connectivity index is 1.59. The normalized spacial score (nSPS) is 14.9. The van der Waals surface area contributed by atoms with Gasteiger partial charge >= 0.3 is 0 Å². The summed E-state index contributed by atoms with van der Waals surface area (Å²) in [5.41, 5.74) is 1.82. The lowest BCUT2D eigenvalue weighted by atomic mass is 10.1. The quantitative estimate of drug-likeness (QED) is 0.858. The first-order valence-corrected chi connectivity index (χ1v) is 9.53. The summed E-state index contributed by atoms with van der Waals surface area (Å²) in [6.07, 6.45) is 1.52. The Hall–Kier alpha value is -2.25. The number of likely N-dealkylation sites (tertiary alicyclic amines) is 1. The van der Waals surface area contributed by atoms with E-state index in [0.29, 0.717) is 13.0 Å². The van der Waals surface area contributed by atoms with Gasteiger partial charge < -0.3 is 4.90 Å². The van der Waals surface area contributed by atoms with E-state index in [9.17, 15) is 17.6 Å². The number of benzene rings is 2. The third-order valence-electron chi connectivity index (χ3n) is 4.16. The molecule has 7 heteroatoms. The largest absolute Gasteiger partial charge is 0.338 e. The van der Waals surface area contributed by atoms with Gasteiger partial charge in [0.15, 0.2) is 0 Å². The third-order valence-corrected chi connectivity index (χ3v) is 5.58. The lowest BCUT2D eigenvalue weighted by Gasteiger charge is -2.15. The summed E-state index contributed by atoms with van der Waals surface area (Å²) >= 11 is 0. The van der Waals surface area contributed by atoms with Crippen LogP contribution in [0.3, 0.4) is 0 Å². The highest BCUT2D eigenvalue weighted by Gasteiger charge is 2.20. The van der Waals surface area contributed by atoms with Crippen molar-refractivity contribution in [3.63, 3.8) is 0 Å². The van der Waals surface area contributed by atoms with Crippen molar-refractivity contribution in [1.29, 1.82) is 0 Å². The van der Waals surface area contributed by atoms with E-state index in [1.807, 2.05) is 29.2 Å². The van der Waals surface area contributed by atoms with Crippen LogP contribution in [0, 0.1) is 5.82 Å². The van der Waals surface area contributed by atoms with E-state index < -0.39 is 15.8 Å². The molecule has 1 amide bonds. The van der Waals surface area contributed by atoms with Gasteiger partial charge in [-0.1, -0.05) is 24.3 Å². The predicted molar refractivity (Wildman–Crippen MR) is 91.5 cm³/mol. The Bertz CT molecular complexity index is 849. The fraction of sp³-hybridized carbons (Fsp3) is 0.278. The highest BCUT2D eigenvalue weighted by atomic mass is 32.2. The average Bonchev–Trinajstić information content (AvgIpc) is 3.00. The number of carbonyl (C=O) groups excluding carboxylic acids is 1. The fourth-order valence-corrected chi connectivity index (χ4v) is 3.75. The molecule has 0 aliphatic carbocycles. The maximum atomic E-state index is 12.9. The molecule has 1 N–H and O–H groups in total. The molecular weight excluding hydrogens is 343 g/mol. The van der Waals surface area contributed by atoms with Gasteiger partial charge in [0.1, 0.15) is 5.82 Å². The highest BCUT2D eigenvalue weighted by molar-refractivity contribution is 7.89. The minimum atomic E-state index is -3.68. The molecule has 1 aliphatic heterocycles. The number of halogens is 1. The molecule has 0 bridgehead atoms. The Morgan fingerprint density at radius 3 is 2.24 bits per heavy atom. The maximum Gasteiger partial charge on any atom is 0.240 e. The van der Waals surface area contributed by atoms with Crippen molar-refractivity contribution in [3.05, 3.63) is 65.5 Å². The van der Waals surface area contributed by atoms with Crippen molar-refractivity contribution in [3.8, 4) is 0 Å². The van der Waals surface area contributed by atoms with Crippen LogP contribution in [0.15, 0.2) is 53.4 Å². The van der Waals surface area contributed by atoms with Crippen molar-refractivity contribution in [2.45, 2.75) is 30.8 Å². The van der Waals surface area contributed by atoms with Crippen LogP contribution < -0.4 is 4.72 Å². The summed E-state index contributed by atoms with van der Waals surface area (Å²) in [6, 6.07) is 12.2. The Morgan fingerprint density at radius 2 is 1.64 bits per heavy atom. The zero-order valence-electron chi connectivity index (χ0n) is 13.6. The average molecular weight is 362 g/mol. The van der Waals surface area contributed by atoms with E-state index in [1.54, 1.807) is 0 Å². The number of amides is 1. The van der Waals surface area contributed by atoms with Gasteiger partial charge in [0.2, 0.25) is 15.9 Å². The van der Waals surface area contributed by atoms with Gasteiger partial charge in [0, 0.05) is 26.1 Å². The van der Waals surface area contributed by atoms with Crippen molar-refractivity contribution < 1.29 is 17.6 Å². The number of nitrogens with one attached hydrogen (secondary N) is 1. The maximum absolute atomic E-state index is 12.9. The van der Waals surface area contributed by atoms with Crippen LogP contribution in [0.2, 0.25) is 0 Å². The molecule has 1 saturated heterocycles. The molecule has 1 aliphatic rings. The molecule has 0 radical (unpaired) electrons. The number of hydrogen-bond acceptors (Lipinski definition) is 3. The number of sulfonamides is 1. The summed E-state index contributed by atoms with van der Waals surface area (Å²) in [5.74, 6) is -0.304. The lowest BCUT2D eigenvalue weighted by Crippen LogP contribution is -2.24. The smallest absolute Gasteiger partial charge is 0.240 e. The number of carbonyl (C=O) groups is 1. The van der Waals surface area contributed by atoms with E-state index in [2.05, 4.69) is 4.72 Å². The van der Waals surface area contributed by atoms with Gasteiger partial charge in [-0.3, -0.25) is 4.79 Å². The standard InChI is InChI=1S/C18H19FN2O3S/c19-16-7-9-17(10-8-16)25(23,24)20-12-14-3-5-15(6-4-14)13-21-11-1-2-18(21)22/h3-10,20H,1-2,11-13H2. The van der Waals surface area contributed by atoms with Crippen LogP contribution in [0.25, 0.3) is 0 Å². The number of rotatable bonds is 6. The van der Waals surface area contributed by atoms with E-state index >= 15 is 0 Å². The minimum absolute atomic E-state index is 0.0260. The van der Waals surface area contributed by atoms with E-state index in [1.165, 1.54) is 12.1 Å². The number of nitrogens with zero attached hydrogens (tertiary/aromatic N) is 1. The predicted octanol–water partition coefficient (Wildman–Crippen LogP) is 2.43. The van der Waals surface area contributed by atoms with Gasteiger partial charge in [0.05, 0.1) is 4.90 Å². The molecule has 1 fully saturated rings. The van der Waals surface area contributed by atoms with Crippen molar-refractivity contribution in [1.82, 2.24) is 9.62 Å². The van der Waals surface area contributed by atoms with Crippen LogP contribution in [0.5, 0.6) is 0 Å².